The van der Waals surface area contributed by atoms with Crippen molar-refractivity contribution in [2.24, 2.45) is 0 Å². The zero-order valence-electron chi connectivity index (χ0n) is 16.4. The summed E-state index contributed by atoms with van der Waals surface area (Å²) in [5.41, 5.74) is -1.33. The summed E-state index contributed by atoms with van der Waals surface area (Å²) in [6, 6.07) is 5.54. The van der Waals surface area contributed by atoms with Crippen LogP contribution in [0.5, 0.6) is 0 Å². The van der Waals surface area contributed by atoms with E-state index < -0.39 is 35.4 Å². The number of hydrogen-bond acceptors (Lipinski definition) is 5. The molecule has 4 rings (SSSR count). The number of nitrogens with zero attached hydrogens (tertiary/aromatic N) is 3. The van der Waals surface area contributed by atoms with Crippen LogP contribution in [0.15, 0.2) is 29.6 Å². The number of imide groups is 1. The predicted octanol–water partition coefficient (Wildman–Crippen LogP) is 3.27. The van der Waals surface area contributed by atoms with E-state index in [2.05, 4.69) is 21.5 Å². The van der Waals surface area contributed by atoms with Gasteiger partial charge >= 0.3 is 18.2 Å². The van der Waals surface area contributed by atoms with Gasteiger partial charge in [0.15, 0.2) is 5.69 Å². The van der Waals surface area contributed by atoms with E-state index in [1.54, 1.807) is 24.3 Å². The normalized spacial score (nSPS) is 17.9. The van der Waals surface area contributed by atoms with Crippen molar-refractivity contribution in [1.29, 1.82) is 0 Å². The second kappa shape index (κ2) is 7.83. The molecule has 2 aliphatic rings. The molecule has 0 radical (unpaired) electrons. The first-order valence-corrected chi connectivity index (χ1v) is 10.3. The number of terminal acetylenes is 1. The lowest BCUT2D eigenvalue weighted by atomic mass is 9.87. The number of anilines is 2. The van der Waals surface area contributed by atoms with E-state index in [1.807, 2.05) is 0 Å². The van der Waals surface area contributed by atoms with Crippen molar-refractivity contribution < 1.29 is 27.6 Å². The summed E-state index contributed by atoms with van der Waals surface area (Å²) in [5.74, 6) is 1.80. The van der Waals surface area contributed by atoms with Gasteiger partial charge in [0.1, 0.15) is 5.54 Å². The molecule has 2 aromatic rings. The summed E-state index contributed by atoms with van der Waals surface area (Å²) in [6.45, 7) is 0.318. The maximum Gasteiger partial charge on any atom is 0.434 e. The largest absolute Gasteiger partial charge is 0.434 e. The summed E-state index contributed by atoms with van der Waals surface area (Å²) < 4.78 is 38.5. The number of carbonyl (C=O) groups is 3. The maximum atomic E-state index is 13.0. The highest BCUT2D eigenvalue weighted by Crippen LogP contribution is 2.37. The number of amides is 5. The van der Waals surface area contributed by atoms with Crippen molar-refractivity contribution in [3.8, 4) is 12.3 Å². The molecule has 5 amide bonds. The molecule has 0 bridgehead atoms. The Morgan fingerprint density at radius 2 is 2.00 bits per heavy atom. The second-order valence-corrected chi connectivity index (χ2v) is 8.14. The van der Waals surface area contributed by atoms with Crippen LogP contribution in [-0.4, -0.2) is 46.5 Å². The maximum absolute atomic E-state index is 13.0. The standard InChI is InChI=1S/C20H16F3N5O3S/c1-2-12-4-3-5-13(10-12)24-16(30)27-8-6-19(7-9-27)15(29)28(17(31)26-19)18-25-14(11-32-18)20(21,22)23/h1,3-5,10-11H,6-9H2,(H,24,30)(H,26,31). The third-order valence-electron chi connectivity index (χ3n) is 5.32. The highest BCUT2D eigenvalue weighted by molar-refractivity contribution is 7.14. The smallest absolute Gasteiger partial charge is 0.324 e. The summed E-state index contributed by atoms with van der Waals surface area (Å²) in [6.07, 6.45) is 0.908. The van der Waals surface area contributed by atoms with Crippen molar-refractivity contribution in [3.05, 3.63) is 40.9 Å². The molecule has 2 aliphatic heterocycles. The molecule has 2 N–H and O–H groups in total. The van der Waals surface area contributed by atoms with Crippen LogP contribution in [0.25, 0.3) is 0 Å². The molecule has 2 fully saturated rings. The van der Waals surface area contributed by atoms with E-state index in [4.69, 9.17) is 6.42 Å². The SMILES string of the molecule is C#Cc1cccc(NC(=O)N2CCC3(CC2)NC(=O)N(c2nc(C(F)(F)F)cs2)C3=O)c1. The Morgan fingerprint density at radius 3 is 2.62 bits per heavy atom. The minimum absolute atomic E-state index is 0.114. The van der Waals surface area contributed by atoms with Gasteiger partial charge < -0.3 is 15.5 Å². The van der Waals surface area contributed by atoms with Crippen LogP contribution < -0.4 is 15.5 Å². The van der Waals surface area contributed by atoms with Gasteiger partial charge in [-0.2, -0.15) is 13.2 Å². The summed E-state index contributed by atoms with van der Waals surface area (Å²) >= 11 is 0.563. The number of aromatic nitrogens is 1. The lowest BCUT2D eigenvalue weighted by Gasteiger charge is -2.37. The molecule has 12 heteroatoms. The first-order chi connectivity index (χ1) is 15.1. The van der Waals surface area contributed by atoms with Crippen LogP contribution in [0, 0.1) is 12.3 Å². The number of piperidine rings is 1. The number of urea groups is 2. The van der Waals surface area contributed by atoms with Crippen LogP contribution >= 0.6 is 11.3 Å². The summed E-state index contributed by atoms with van der Waals surface area (Å²) in [5, 5.41) is 5.72. The minimum atomic E-state index is -4.68. The molecule has 1 spiro atoms. The van der Waals surface area contributed by atoms with Crippen molar-refractivity contribution in [1.82, 2.24) is 15.2 Å². The molecule has 1 aromatic heterocycles. The molecule has 32 heavy (non-hydrogen) atoms. The van der Waals surface area contributed by atoms with Crippen molar-refractivity contribution in [2.45, 2.75) is 24.6 Å². The highest BCUT2D eigenvalue weighted by Gasteiger charge is 2.54. The molecule has 0 atom stereocenters. The lowest BCUT2D eigenvalue weighted by Crippen LogP contribution is -2.56. The van der Waals surface area contributed by atoms with E-state index in [0.29, 0.717) is 27.5 Å². The quantitative estimate of drug-likeness (QED) is 0.528. The Kier molecular flexibility index (Phi) is 5.29. The van der Waals surface area contributed by atoms with E-state index in [1.165, 1.54) is 4.90 Å². The molecule has 0 saturated carbocycles. The third kappa shape index (κ3) is 3.87. The Labute approximate surface area is 184 Å². The van der Waals surface area contributed by atoms with Crippen molar-refractivity contribution >= 4 is 40.1 Å². The summed E-state index contributed by atoms with van der Waals surface area (Å²) in [7, 11) is 0. The molecular formula is C20H16F3N5O3S. The monoisotopic (exact) mass is 463 g/mol. The lowest BCUT2D eigenvalue weighted by molar-refractivity contribution is -0.140. The first kappa shape index (κ1) is 21.6. The van der Waals surface area contributed by atoms with Crippen LogP contribution in [-0.2, 0) is 11.0 Å². The molecule has 166 valence electrons. The predicted molar refractivity (Wildman–Crippen MR) is 110 cm³/mol. The Balaban J connectivity index is 1.43. The fraction of sp³-hybridized carbons (Fsp3) is 0.300. The van der Waals surface area contributed by atoms with Gasteiger partial charge in [-0.3, -0.25) is 4.79 Å². The van der Waals surface area contributed by atoms with Gasteiger partial charge in [0.2, 0.25) is 5.13 Å². The van der Waals surface area contributed by atoms with Crippen molar-refractivity contribution in [3.63, 3.8) is 0 Å². The molecule has 3 heterocycles. The van der Waals surface area contributed by atoms with E-state index in [9.17, 15) is 27.6 Å². The summed E-state index contributed by atoms with van der Waals surface area (Å²) in [4.78, 5) is 43.5. The van der Waals surface area contributed by atoms with Crippen LogP contribution in [0.4, 0.5) is 33.6 Å². The molecule has 8 nitrogen and oxygen atoms in total. The molecule has 0 unspecified atom stereocenters. The zero-order chi connectivity index (χ0) is 23.1. The molecule has 0 aliphatic carbocycles. The number of nitrogens with one attached hydrogen (secondary N) is 2. The van der Waals surface area contributed by atoms with Gasteiger partial charge in [-0.05, 0) is 31.0 Å². The van der Waals surface area contributed by atoms with Gasteiger partial charge in [-0.15, -0.1) is 17.8 Å². The number of rotatable bonds is 2. The number of hydrogen-bond donors (Lipinski definition) is 2. The highest BCUT2D eigenvalue weighted by atomic mass is 32.1. The average Bonchev–Trinajstić information content (AvgIpc) is 3.32. The van der Waals surface area contributed by atoms with E-state index in [0.717, 1.165) is 5.38 Å². The fourth-order valence-corrected chi connectivity index (χ4v) is 4.44. The number of halogens is 3. The van der Waals surface area contributed by atoms with Crippen LogP contribution in [0.3, 0.4) is 0 Å². The van der Waals surface area contributed by atoms with Gasteiger partial charge in [-0.1, -0.05) is 12.0 Å². The zero-order valence-corrected chi connectivity index (χ0v) is 17.2. The number of benzene rings is 1. The van der Waals surface area contributed by atoms with Gasteiger partial charge in [0, 0.05) is 29.7 Å². The Hall–Kier alpha value is -3.59. The van der Waals surface area contributed by atoms with E-state index >= 15 is 0 Å². The minimum Gasteiger partial charge on any atom is -0.324 e. The van der Waals surface area contributed by atoms with Crippen LogP contribution in [0.1, 0.15) is 24.1 Å². The van der Waals surface area contributed by atoms with Crippen molar-refractivity contribution in [2.75, 3.05) is 23.3 Å². The number of thiazole rings is 1. The molecule has 2 saturated heterocycles. The van der Waals surface area contributed by atoms with Crippen LogP contribution in [0.2, 0.25) is 0 Å². The Morgan fingerprint density at radius 1 is 1.28 bits per heavy atom. The molecular weight excluding hydrogens is 447 g/mol. The Bertz CT molecular complexity index is 1130. The first-order valence-electron chi connectivity index (χ1n) is 9.45. The average molecular weight is 463 g/mol. The van der Waals surface area contributed by atoms with E-state index in [-0.39, 0.29) is 31.1 Å². The number of carbonyl (C=O) groups excluding carboxylic acids is 3. The number of alkyl halides is 3. The topological polar surface area (TPSA) is 94.6 Å². The van der Waals surface area contributed by atoms with Gasteiger partial charge in [0.25, 0.3) is 5.91 Å². The third-order valence-corrected chi connectivity index (χ3v) is 6.15. The van der Waals surface area contributed by atoms with Gasteiger partial charge in [0.05, 0.1) is 0 Å². The van der Waals surface area contributed by atoms with Gasteiger partial charge in [-0.25, -0.2) is 19.5 Å². The number of likely N-dealkylation sites (tertiary alicyclic amines) is 1. The second-order valence-electron chi connectivity index (χ2n) is 7.31. The fourth-order valence-electron chi connectivity index (χ4n) is 3.61. The molecule has 1 aromatic carbocycles.